The van der Waals surface area contributed by atoms with Crippen molar-refractivity contribution in [3.63, 3.8) is 0 Å². The first-order chi connectivity index (χ1) is 12.9. The molecule has 2 heterocycles. The maximum atomic E-state index is 13.7. The molecule has 2 aromatic rings. The number of methoxy groups -OCH3 is 1. The van der Waals surface area contributed by atoms with Gasteiger partial charge in [-0.05, 0) is 38.0 Å². The second kappa shape index (κ2) is 6.87. The molecular weight excluding hydrogens is 367 g/mol. The van der Waals surface area contributed by atoms with Gasteiger partial charge in [0.1, 0.15) is 22.7 Å². The van der Waals surface area contributed by atoms with Crippen LogP contribution < -0.4 is 4.74 Å². The highest BCUT2D eigenvalue weighted by molar-refractivity contribution is 7.10. The van der Waals surface area contributed by atoms with Crippen molar-refractivity contribution in [2.75, 3.05) is 20.2 Å². The number of carbonyl (C=O) groups excluding carboxylic acids is 1. The van der Waals surface area contributed by atoms with Gasteiger partial charge < -0.3 is 14.4 Å². The third kappa shape index (κ3) is 3.58. The minimum Gasteiger partial charge on any atom is -0.496 e. The Morgan fingerprint density at radius 3 is 2.89 bits per heavy atom. The maximum Gasteiger partial charge on any atom is 0.228 e. The first-order valence-electron chi connectivity index (χ1n) is 9.14. The molecule has 1 saturated carbocycles. The molecule has 0 spiro atoms. The molecule has 1 saturated heterocycles. The standard InChI is InChI=1S/C20H23FN2O3S/c1-12-9-23(19(24)20(2)6-7-20)10-17(26-12)18-22-15(11-27-18)14-8-13(21)4-5-16(14)25-3/h4-5,8,11-12,17H,6-7,9-10H2,1-3H3/t12-,17-/m1/s1. The van der Waals surface area contributed by atoms with Gasteiger partial charge in [-0.25, -0.2) is 9.37 Å². The number of ether oxygens (including phenoxy) is 2. The van der Waals surface area contributed by atoms with Gasteiger partial charge in [-0.3, -0.25) is 4.79 Å². The molecule has 27 heavy (non-hydrogen) atoms. The predicted molar refractivity (Wildman–Crippen MR) is 101 cm³/mol. The second-order valence-electron chi connectivity index (χ2n) is 7.62. The van der Waals surface area contributed by atoms with Gasteiger partial charge in [0.25, 0.3) is 0 Å². The molecule has 1 aliphatic heterocycles. The number of carbonyl (C=O) groups is 1. The highest BCUT2D eigenvalue weighted by Gasteiger charge is 2.48. The molecule has 1 amide bonds. The summed E-state index contributed by atoms with van der Waals surface area (Å²) in [6.07, 6.45) is 1.61. The maximum absolute atomic E-state index is 13.7. The molecule has 2 atom stereocenters. The fourth-order valence-electron chi connectivity index (χ4n) is 3.48. The molecule has 1 aromatic heterocycles. The van der Waals surface area contributed by atoms with Crippen LogP contribution in [0.1, 0.15) is 37.8 Å². The molecular formula is C20H23FN2O3S. The number of nitrogens with zero attached hydrogens (tertiary/aromatic N) is 2. The Morgan fingerprint density at radius 1 is 1.41 bits per heavy atom. The third-order valence-corrected chi connectivity index (χ3v) is 6.24. The molecule has 2 aliphatic rings. The fraction of sp³-hybridized carbons (Fsp3) is 0.500. The van der Waals surface area contributed by atoms with Crippen molar-refractivity contribution in [3.05, 3.63) is 34.4 Å². The number of amides is 1. The number of aromatic nitrogens is 1. The topological polar surface area (TPSA) is 51.7 Å². The lowest BCUT2D eigenvalue weighted by atomic mass is 10.1. The summed E-state index contributed by atoms with van der Waals surface area (Å²) in [6.45, 7) is 5.13. The van der Waals surface area contributed by atoms with E-state index in [9.17, 15) is 9.18 Å². The lowest BCUT2D eigenvalue weighted by molar-refractivity contribution is -0.149. The summed E-state index contributed by atoms with van der Waals surface area (Å²) >= 11 is 1.46. The van der Waals surface area contributed by atoms with E-state index in [1.807, 2.05) is 24.1 Å². The summed E-state index contributed by atoms with van der Waals surface area (Å²) in [5, 5.41) is 2.67. The van der Waals surface area contributed by atoms with Crippen molar-refractivity contribution < 1.29 is 18.7 Å². The van der Waals surface area contributed by atoms with Gasteiger partial charge in [0.15, 0.2) is 0 Å². The molecule has 1 aliphatic carbocycles. The van der Waals surface area contributed by atoms with Crippen LogP contribution in [-0.4, -0.2) is 42.1 Å². The Balaban J connectivity index is 1.57. The molecule has 7 heteroatoms. The van der Waals surface area contributed by atoms with Crippen molar-refractivity contribution >= 4 is 17.2 Å². The first-order valence-corrected chi connectivity index (χ1v) is 10.0. The van der Waals surface area contributed by atoms with Gasteiger partial charge in [0.2, 0.25) is 5.91 Å². The summed E-state index contributed by atoms with van der Waals surface area (Å²) in [5.74, 6) is 0.452. The summed E-state index contributed by atoms with van der Waals surface area (Å²) < 4.78 is 25.1. The van der Waals surface area contributed by atoms with Crippen LogP contribution in [0.3, 0.4) is 0 Å². The molecule has 0 unspecified atom stereocenters. The van der Waals surface area contributed by atoms with Crippen LogP contribution in [-0.2, 0) is 9.53 Å². The third-order valence-electron chi connectivity index (χ3n) is 5.30. The summed E-state index contributed by atoms with van der Waals surface area (Å²) in [5.41, 5.74) is 1.08. The van der Waals surface area contributed by atoms with Gasteiger partial charge in [-0.2, -0.15) is 0 Å². The van der Waals surface area contributed by atoms with Gasteiger partial charge in [0.05, 0.1) is 25.5 Å². The van der Waals surface area contributed by atoms with Crippen LogP contribution in [0.4, 0.5) is 4.39 Å². The van der Waals surface area contributed by atoms with E-state index in [1.165, 1.54) is 23.5 Å². The number of thiazole rings is 1. The van der Waals surface area contributed by atoms with E-state index in [0.717, 1.165) is 17.8 Å². The quantitative estimate of drug-likeness (QED) is 0.790. The van der Waals surface area contributed by atoms with Crippen LogP contribution in [0.2, 0.25) is 0 Å². The predicted octanol–water partition coefficient (Wildman–Crippen LogP) is 4.05. The average Bonchev–Trinajstić information content (AvgIpc) is 3.21. The normalized spacial score (nSPS) is 23.9. The summed E-state index contributed by atoms with van der Waals surface area (Å²) in [6, 6.07) is 4.38. The average molecular weight is 390 g/mol. The van der Waals surface area contributed by atoms with Crippen molar-refractivity contribution in [1.29, 1.82) is 0 Å². The Kier molecular flexibility index (Phi) is 4.68. The number of rotatable bonds is 4. The SMILES string of the molecule is COc1ccc(F)cc1-c1csc([C@H]2CN(C(=O)C3(C)CC3)C[C@@H](C)O2)n1. The number of hydrogen-bond acceptors (Lipinski definition) is 5. The number of benzene rings is 1. The molecule has 0 bridgehead atoms. The fourth-order valence-corrected chi connectivity index (χ4v) is 4.32. The van der Waals surface area contributed by atoms with Crippen LogP contribution in [0.15, 0.2) is 23.6 Å². The first kappa shape index (κ1) is 18.4. The smallest absolute Gasteiger partial charge is 0.228 e. The van der Waals surface area contributed by atoms with Crippen LogP contribution in [0, 0.1) is 11.2 Å². The minimum absolute atomic E-state index is 0.0499. The zero-order valence-electron chi connectivity index (χ0n) is 15.7. The Hall–Kier alpha value is -1.99. The molecule has 144 valence electrons. The largest absolute Gasteiger partial charge is 0.496 e. The lowest BCUT2D eigenvalue weighted by Gasteiger charge is -2.37. The highest BCUT2D eigenvalue weighted by Crippen LogP contribution is 2.47. The van der Waals surface area contributed by atoms with Crippen LogP contribution >= 0.6 is 11.3 Å². The monoisotopic (exact) mass is 390 g/mol. The lowest BCUT2D eigenvalue weighted by Crippen LogP contribution is -2.48. The van der Waals surface area contributed by atoms with E-state index in [0.29, 0.717) is 30.1 Å². The zero-order chi connectivity index (χ0) is 19.2. The van der Waals surface area contributed by atoms with Crippen molar-refractivity contribution in [2.45, 2.75) is 38.9 Å². The molecule has 5 nitrogen and oxygen atoms in total. The highest BCUT2D eigenvalue weighted by atomic mass is 32.1. The Bertz CT molecular complexity index is 865. The van der Waals surface area contributed by atoms with E-state index in [-0.39, 0.29) is 29.3 Å². The molecule has 0 N–H and O–H groups in total. The molecule has 2 fully saturated rings. The van der Waals surface area contributed by atoms with Gasteiger partial charge >= 0.3 is 0 Å². The van der Waals surface area contributed by atoms with Gasteiger partial charge in [0, 0.05) is 22.9 Å². The van der Waals surface area contributed by atoms with E-state index < -0.39 is 0 Å². The van der Waals surface area contributed by atoms with Crippen LogP contribution in [0.25, 0.3) is 11.3 Å². The molecule has 1 aromatic carbocycles. The van der Waals surface area contributed by atoms with Gasteiger partial charge in [-0.1, -0.05) is 6.92 Å². The van der Waals surface area contributed by atoms with E-state index in [4.69, 9.17) is 9.47 Å². The van der Waals surface area contributed by atoms with Gasteiger partial charge in [-0.15, -0.1) is 11.3 Å². The number of halogens is 1. The van der Waals surface area contributed by atoms with Crippen LogP contribution in [0.5, 0.6) is 5.75 Å². The van der Waals surface area contributed by atoms with Crippen molar-refractivity contribution in [3.8, 4) is 17.0 Å². The number of hydrogen-bond donors (Lipinski definition) is 0. The minimum atomic E-state index is -0.336. The van der Waals surface area contributed by atoms with E-state index >= 15 is 0 Å². The zero-order valence-corrected chi connectivity index (χ0v) is 16.5. The molecule has 0 radical (unpaired) electrons. The Morgan fingerprint density at radius 2 is 2.19 bits per heavy atom. The number of morpholine rings is 1. The van der Waals surface area contributed by atoms with Crippen molar-refractivity contribution in [1.82, 2.24) is 9.88 Å². The van der Waals surface area contributed by atoms with Crippen molar-refractivity contribution in [2.24, 2.45) is 5.41 Å². The summed E-state index contributed by atoms with van der Waals surface area (Å²) in [4.78, 5) is 19.3. The second-order valence-corrected chi connectivity index (χ2v) is 8.51. The summed E-state index contributed by atoms with van der Waals surface area (Å²) in [7, 11) is 1.55. The van der Waals surface area contributed by atoms with E-state index in [1.54, 1.807) is 13.2 Å². The molecule has 4 rings (SSSR count). The Labute approximate surface area is 162 Å². The van der Waals surface area contributed by atoms with E-state index in [2.05, 4.69) is 4.98 Å².